The summed E-state index contributed by atoms with van der Waals surface area (Å²) in [4.78, 5) is 0.312. The number of allylic oxidation sites excluding steroid dienone is 2. The van der Waals surface area contributed by atoms with Crippen LogP contribution >= 0.6 is 0 Å². The Kier molecular flexibility index (Phi) is 5.24. The summed E-state index contributed by atoms with van der Waals surface area (Å²) in [6, 6.07) is 30.2. The van der Waals surface area contributed by atoms with Crippen molar-refractivity contribution in [3.05, 3.63) is 120 Å². The highest BCUT2D eigenvalue weighted by Gasteiger charge is 2.39. The Bertz CT molecular complexity index is 1490. The van der Waals surface area contributed by atoms with E-state index in [1.54, 1.807) is 6.07 Å². The molecule has 2 aliphatic rings. The molecule has 34 heavy (non-hydrogen) atoms. The van der Waals surface area contributed by atoms with Crippen molar-refractivity contribution in [1.82, 2.24) is 4.72 Å². The second kappa shape index (κ2) is 8.42. The van der Waals surface area contributed by atoms with E-state index in [-0.39, 0.29) is 18.5 Å². The van der Waals surface area contributed by atoms with Gasteiger partial charge in [-0.2, -0.15) is 0 Å². The zero-order chi connectivity index (χ0) is 23.1. The molecule has 4 aromatic carbocycles. The Hall–Kier alpha value is -3.41. The molecule has 0 fully saturated rings. The lowest BCUT2D eigenvalue weighted by Gasteiger charge is -2.38. The van der Waals surface area contributed by atoms with Crippen LogP contribution in [-0.4, -0.2) is 8.42 Å². The Morgan fingerprint density at radius 1 is 0.853 bits per heavy atom. The van der Waals surface area contributed by atoms with Gasteiger partial charge >= 0.3 is 0 Å². The Morgan fingerprint density at radius 2 is 1.65 bits per heavy atom. The molecule has 0 amide bonds. The molecule has 3 atom stereocenters. The number of sulfonamides is 1. The minimum Gasteiger partial charge on any atom is -0.378 e. The van der Waals surface area contributed by atoms with E-state index in [4.69, 9.17) is 0 Å². The maximum atomic E-state index is 13.1. The first kappa shape index (κ1) is 21.1. The molecule has 4 nitrogen and oxygen atoms in total. The number of benzene rings is 4. The van der Waals surface area contributed by atoms with Crippen LogP contribution in [0.2, 0.25) is 0 Å². The molecule has 1 aliphatic carbocycles. The van der Waals surface area contributed by atoms with Crippen LogP contribution in [0.25, 0.3) is 10.8 Å². The van der Waals surface area contributed by atoms with Gasteiger partial charge in [-0.3, -0.25) is 0 Å². The van der Waals surface area contributed by atoms with Gasteiger partial charge in [-0.05, 0) is 58.0 Å². The van der Waals surface area contributed by atoms with E-state index in [2.05, 4.69) is 64.7 Å². The molecular weight excluding hydrogens is 440 g/mol. The Balaban J connectivity index is 1.34. The van der Waals surface area contributed by atoms with Gasteiger partial charge in [-0.25, -0.2) is 13.1 Å². The Morgan fingerprint density at radius 3 is 2.53 bits per heavy atom. The summed E-state index contributed by atoms with van der Waals surface area (Å²) in [7, 11) is -3.62. The summed E-state index contributed by atoms with van der Waals surface area (Å²) in [6.45, 7) is 0.271. The predicted molar refractivity (Wildman–Crippen MR) is 137 cm³/mol. The van der Waals surface area contributed by atoms with Crippen LogP contribution in [0, 0.1) is 5.92 Å². The minimum atomic E-state index is -3.62. The molecule has 0 saturated carbocycles. The third-order valence-corrected chi connectivity index (χ3v) is 8.51. The molecule has 2 N–H and O–H groups in total. The molecule has 0 aromatic heterocycles. The first-order chi connectivity index (χ1) is 16.6. The predicted octanol–water partition coefficient (Wildman–Crippen LogP) is 6.14. The largest absolute Gasteiger partial charge is 0.378 e. The van der Waals surface area contributed by atoms with Crippen molar-refractivity contribution in [3.63, 3.8) is 0 Å². The average Bonchev–Trinajstić information content (AvgIpc) is 3.38. The molecule has 170 valence electrons. The second-order valence-electron chi connectivity index (χ2n) is 9.10. The summed E-state index contributed by atoms with van der Waals surface area (Å²) in [5, 5.41) is 6.26. The monoisotopic (exact) mass is 466 g/mol. The van der Waals surface area contributed by atoms with Gasteiger partial charge in [0.2, 0.25) is 10.0 Å². The van der Waals surface area contributed by atoms with Crippen molar-refractivity contribution in [2.24, 2.45) is 5.92 Å². The SMILES string of the molecule is O=S(=O)(NCc1ccccc1)c1ccc2c(c1)C1C=CCC1C(c1cccc3ccccc13)N2. The molecule has 6 rings (SSSR count). The lowest BCUT2D eigenvalue weighted by atomic mass is 9.76. The smallest absolute Gasteiger partial charge is 0.240 e. The van der Waals surface area contributed by atoms with E-state index >= 15 is 0 Å². The van der Waals surface area contributed by atoms with Gasteiger partial charge in [-0.1, -0.05) is 84.9 Å². The van der Waals surface area contributed by atoms with Gasteiger partial charge in [0.05, 0.1) is 10.9 Å². The summed E-state index contributed by atoms with van der Waals surface area (Å²) in [5.74, 6) is 0.526. The van der Waals surface area contributed by atoms with E-state index in [9.17, 15) is 8.42 Å². The van der Waals surface area contributed by atoms with Crippen LogP contribution in [0.5, 0.6) is 0 Å². The Labute approximate surface area is 200 Å². The van der Waals surface area contributed by atoms with Crippen molar-refractivity contribution in [2.45, 2.75) is 29.8 Å². The van der Waals surface area contributed by atoms with Gasteiger partial charge in [-0.15, -0.1) is 0 Å². The fraction of sp³-hybridized carbons (Fsp3) is 0.172. The van der Waals surface area contributed by atoms with E-state index in [0.717, 1.165) is 23.2 Å². The number of hydrogen-bond acceptors (Lipinski definition) is 3. The number of fused-ring (bicyclic) bond motifs is 4. The fourth-order valence-electron chi connectivity index (χ4n) is 5.43. The highest BCUT2D eigenvalue weighted by molar-refractivity contribution is 7.89. The van der Waals surface area contributed by atoms with Gasteiger partial charge in [0.1, 0.15) is 0 Å². The summed E-state index contributed by atoms with van der Waals surface area (Å²) in [5.41, 5.74) is 4.29. The van der Waals surface area contributed by atoms with Crippen LogP contribution < -0.4 is 10.0 Å². The van der Waals surface area contributed by atoms with Crippen LogP contribution in [0.15, 0.2) is 108 Å². The third-order valence-electron chi connectivity index (χ3n) is 7.11. The molecule has 4 aromatic rings. The van der Waals surface area contributed by atoms with Crippen LogP contribution in [0.4, 0.5) is 5.69 Å². The molecule has 1 aliphatic heterocycles. The first-order valence-electron chi connectivity index (χ1n) is 11.7. The summed E-state index contributed by atoms with van der Waals surface area (Å²) < 4.78 is 28.9. The molecule has 0 saturated heterocycles. The molecule has 3 unspecified atom stereocenters. The summed E-state index contributed by atoms with van der Waals surface area (Å²) in [6.07, 6.45) is 5.45. The van der Waals surface area contributed by atoms with E-state index in [0.29, 0.717) is 10.8 Å². The average molecular weight is 467 g/mol. The highest BCUT2D eigenvalue weighted by Crippen LogP contribution is 2.51. The second-order valence-corrected chi connectivity index (χ2v) is 10.9. The zero-order valence-electron chi connectivity index (χ0n) is 18.7. The van der Waals surface area contributed by atoms with Gasteiger partial charge in [0.25, 0.3) is 0 Å². The lowest BCUT2D eigenvalue weighted by Crippen LogP contribution is -2.30. The standard InChI is InChI=1S/C29H26N2O2S/c32-34(33,30-19-20-8-2-1-3-9-20)22-16-17-28-27(18-22)24-13-7-15-26(24)29(31-28)25-14-6-11-21-10-4-5-12-23(21)25/h1-14,16-18,24,26,29-31H,15,19H2. The number of hydrogen-bond donors (Lipinski definition) is 2. The van der Waals surface area contributed by atoms with Crippen molar-refractivity contribution >= 4 is 26.5 Å². The van der Waals surface area contributed by atoms with Crippen LogP contribution in [0.3, 0.4) is 0 Å². The molecule has 0 radical (unpaired) electrons. The van der Waals surface area contributed by atoms with E-state index < -0.39 is 10.0 Å². The normalized spacial score (nSPS) is 21.1. The van der Waals surface area contributed by atoms with Gasteiger partial charge in [0.15, 0.2) is 0 Å². The van der Waals surface area contributed by atoms with Crippen molar-refractivity contribution < 1.29 is 8.42 Å². The molecule has 0 spiro atoms. The number of anilines is 1. The first-order valence-corrected chi connectivity index (χ1v) is 13.2. The summed E-state index contributed by atoms with van der Waals surface area (Å²) >= 11 is 0. The number of rotatable bonds is 5. The van der Waals surface area contributed by atoms with Crippen molar-refractivity contribution in [1.29, 1.82) is 0 Å². The molecule has 0 bridgehead atoms. The molecule has 1 heterocycles. The van der Waals surface area contributed by atoms with E-state index in [1.807, 2.05) is 42.5 Å². The fourth-order valence-corrected chi connectivity index (χ4v) is 6.48. The molecule has 5 heteroatoms. The molecular formula is C29H26N2O2S. The van der Waals surface area contributed by atoms with Crippen molar-refractivity contribution in [3.8, 4) is 0 Å². The highest BCUT2D eigenvalue weighted by atomic mass is 32.2. The maximum Gasteiger partial charge on any atom is 0.240 e. The third kappa shape index (κ3) is 3.71. The quantitative estimate of drug-likeness (QED) is 0.347. The maximum absolute atomic E-state index is 13.1. The van der Waals surface area contributed by atoms with Crippen LogP contribution in [0.1, 0.15) is 35.1 Å². The topological polar surface area (TPSA) is 58.2 Å². The number of nitrogens with one attached hydrogen (secondary N) is 2. The van der Waals surface area contributed by atoms with Crippen molar-refractivity contribution in [2.75, 3.05) is 5.32 Å². The minimum absolute atomic E-state index is 0.164. The lowest BCUT2D eigenvalue weighted by molar-refractivity contribution is 0.427. The van der Waals surface area contributed by atoms with E-state index in [1.165, 1.54) is 16.3 Å². The van der Waals surface area contributed by atoms with Gasteiger partial charge < -0.3 is 5.32 Å². The van der Waals surface area contributed by atoms with Gasteiger partial charge in [0, 0.05) is 18.2 Å². The zero-order valence-corrected chi connectivity index (χ0v) is 19.5. The van der Waals surface area contributed by atoms with Crippen LogP contribution in [-0.2, 0) is 16.6 Å².